The fourth-order valence-corrected chi connectivity index (χ4v) is 6.52. The van der Waals surface area contributed by atoms with E-state index in [-0.39, 0.29) is 30.1 Å². The third kappa shape index (κ3) is 7.36. The fourth-order valence-electron chi connectivity index (χ4n) is 6.52. The van der Waals surface area contributed by atoms with Crippen LogP contribution >= 0.6 is 0 Å². The van der Waals surface area contributed by atoms with E-state index in [4.69, 9.17) is 15.6 Å². The highest BCUT2D eigenvalue weighted by Gasteiger charge is 2.31. The number of nitrogens with one attached hydrogen (secondary N) is 2. The van der Waals surface area contributed by atoms with Crippen molar-refractivity contribution in [2.24, 2.45) is 5.73 Å². The molecule has 0 saturated carbocycles. The van der Waals surface area contributed by atoms with Crippen molar-refractivity contribution in [3.8, 4) is 11.3 Å². The summed E-state index contributed by atoms with van der Waals surface area (Å²) in [4.78, 5) is 33.5. The maximum absolute atomic E-state index is 13.2. The zero-order valence-electron chi connectivity index (χ0n) is 28.4. The largest absolute Gasteiger partial charge is 0.445 e. The van der Waals surface area contributed by atoms with Crippen molar-refractivity contribution in [3.05, 3.63) is 119 Å². The second-order valence-electron chi connectivity index (χ2n) is 12.8. The monoisotopic (exact) mass is 710 g/mol. The third-order valence-electron chi connectivity index (χ3n) is 9.38. The van der Waals surface area contributed by atoms with Gasteiger partial charge in [0.2, 0.25) is 0 Å². The Morgan fingerprint density at radius 3 is 2.42 bits per heavy atom. The molecule has 1 saturated heterocycles. The van der Waals surface area contributed by atoms with Gasteiger partial charge in [-0.3, -0.25) is 4.79 Å². The molecule has 52 heavy (non-hydrogen) atoms. The van der Waals surface area contributed by atoms with Crippen molar-refractivity contribution < 1.29 is 27.5 Å². The lowest BCUT2D eigenvalue weighted by Gasteiger charge is -2.35. The number of alkyl halides is 3. The molecular formula is C38H37F3N8O3. The molecule has 5 aromatic rings. The molecule has 2 aromatic heterocycles. The van der Waals surface area contributed by atoms with Gasteiger partial charge in [-0.1, -0.05) is 54.6 Å². The number of aryl methyl sites for hydroxylation is 2. The quantitative estimate of drug-likeness (QED) is 0.157. The topological polar surface area (TPSA) is 131 Å². The van der Waals surface area contributed by atoms with Crippen molar-refractivity contribution in [1.29, 1.82) is 0 Å². The molecule has 0 aliphatic carbocycles. The number of aromatic nitrogens is 3. The van der Waals surface area contributed by atoms with Crippen LogP contribution in [0.1, 0.15) is 45.6 Å². The van der Waals surface area contributed by atoms with E-state index in [1.807, 2.05) is 73.7 Å². The number of carbonyl (C=O) groups is 2. The molecule has 0 radical (unpaired) electrons. The number of primary amides is 1. The lowest BCUT2D eigenvalue weighted by molar-refractivity contribution is -0.137. The van der Waals surface area contributed by atoms with E-state index < -0.39 is 17.6 Å². The first kappa shape index (κ1) is 34.4. The standard InChI is InChI=1S/C38H37F3N8O3/c1-24(44-32-22-29(13-15-43-32)38(39,40)41)26-7-9-27(10-8-26)34-33(35(42)50)36-45-31-12-11-30(21-28(31)14-16-49(36)46-34)47-17-19-48(20-18-47)37(51)52-23-25-5-3-2-4-6-25/h2-13,15,21-22,24,45H,14,16-20,23H2,1H3,(H2,42,50)(H,43,44). The number of nitrogens with two attached hydrogens (primary N) is 1. The first-order valence-electron chi connectivity index (χ1n) is 16.9. The minimum absolute atomic E-state index is 0.109. The van der Waals surface area contributed by atoms with E-state index in [0.29, 0.717) is 56.2 Å². The molecule has 2 amide bonds. The van der Waals surface area contributed by atoms with E-state index in [2.05, 4.69) is 26.6 Å². The van der Waals surface area contributed by atoms with Crippen LogP contribution in [-0.4, -0.2) is 57.8 Å². The summed E-state index contributed by atoms with van der Waals surface area (Å²) in [5.74, 6) is -0.0110. The Kier molecular flexibility index (Phi) is 9.45. The van der Waals surface area contributed by atoms with Gasteiger partial charge in [-0.2, -0.15) is 18.3 Å². The Hall–Kier alpha value is -6.05. The zero-order chi connectivity index (χ0) is 36.4. The summed E-state index contributed by atoms with van der Waals surface area (Å²) < 4.78 is 46.8. The van der Waals surface area contributed by atoms with Gasteiger partial charge in [0, 0.05) is 61.9 Å². The van der Waals surface area contributed by atoms with Crippen molar-refractivity contribution in [2.75, 3.05) is 41.7 Å². The van der Waals surface area contributed by atoms with Gasteiger partial charge in [-0.15, -0.1) is 0 Å². The van der Waals surface area contributed by atoms with E-state index in [1.165, 1.54) is 0 Å². The Balaban J connectivity index is 1.02. The Morgan fingerprint density at radius 1 is 0.962 bits per heavy atom. The summed E-state index contributed by atoms with van der Waals surface area (Å²) in [6.07, 6.45) is -3.01. The number of nitrogens with zero attached hydrogens (tertiary/aromatic N) is 5. The van der Waals surface area contributed by atoms with Crippen molar-refractivity contribution in [2.45, 2.75) is 38.7 Å². The number of anilines is 4. The minimum Gasteiger partial charge on any atom is -0.445 e. The number of benzene rings is 3. The van der Waals surface area contributed by atoms with Gasteiger partial charge in [0.25, 0.3) is 5.91 Å². The van der Waals surface area contributed by atoms with Crippen molar-refractivity contribution in [3.63, 3.8) is 0 Å². The summed E-state index contributed by atoms with van der Waals surface area (Å²) in [6.45, 7) is 4.99. The summed E-state index contributed by atoms with van der Waals surface area (Å²) in [5.41, 5.74) is 11.2. The summed E-state index contributed by atoms with van der Waals surface area (Å²) in [5, 5.41) is 11.2. The van der Waals surface area contributed by atoms with E-state index in [0.717, 1.165) is 46.4 Å². The Bertz CT molecular complexity index is 2080. The van der Waals surface area contributed by atoms with Crippen LogP contribution in [0.2, 0.25) is 0 Å². The first-order valence-corrected chi connectivity index (χ1v) is 16.9. The molecule has 0 spiro atoms. The minimum atomic E-state index is -4.47. The number of halogens is 3. The number of piperazine rings is 1. The van der Waals surface area contributed by atoms with Crippen LogP contribution in [0.25, 0.3) is 11.3 Å². The van der Waals surface area contributed by atoms with Crippen LogP contribution in [-0.2, 0) is 30.5 Å². The molecule has 1 fully saturated rings. The lowest BCUT2D eigenvalue weighted by atomic mass is 10.0. The Morgan fingerprint density at radius 2 is 1.71 bits per heavy atom. The molecule has 3 aromatic carbocycles. The van der Waals surface area contributed by atoms with Gasteiger partial charge >= 0.3 is 12.3 Å². The number of amides is 2. The maximum Gasteiger partial charge on any atom is 0.416 e. The fraction of sp³-hybridized carbons (Fsp3) is 0.263. The van der Waals surface area contributed by atoms with Crippen LogP contribution in [0, 0.1) is 0 Å². The smallest absolute Gasteiger partial charge is 0.416 e. The zero-order valence-corrected chi connectivity index (χ0v) is 28.4. The number of carbonyl (C=O) groups excluding carboxylic acids is 2. The molecule has 268 valence electrons. The molecule has 4 heterocycles. The highest BCUT2D eigenvalue weighted by atomic mass is 19.4. The van der Waals surface area contributed by atoms with Crippen LogP contribution in [0.4, 0.5) is 41.0 Å². The predicted molar refractivity (Wildman–Crippen MR) is 191 cm³/mol. The van der Waals surface area contributed by atoms with Gasteiger partial charge in [0.05, 0.1) is 5.56 Å². The summed E-state index contributed by atoms with van der Waals surface area (Å²) >= 11 is 0. The lowest BCUT2D eigenvalue weighted by Crippen LogP contribution is -2.49. The molecule has 2 aliphatic heterocycles. The second-order valence-corrected chi connectivity index (χ2v) is 12.8. The molecule has 7 rings (SSSR count). The van der Waals surface area contributed by atoms with Crippen LogP contribution in [0.5, 0.6) is 0 Å². The van der Waals surface area contributed by atoms with E-state index >= 15 is 0 Å². The molecule has 14 heteroatoms. The average Bonchev–Trinajstić information content (AvgIpc) is 3.42. The molecule has 0 bridgehead atoms. The SMILES string of the molecule is CC(Nc1cc(C(F)(F)F)ccn1)c1ccc(-c2nn3c(c2C(N)=O)Nc2ccc(N4CCN(C(=O)OCc5ccccc5)CC4)cc2CC3)cc1. The number of ether oxygens (including phenoxy) is 1. The van der Waals surface area contributed by atoms with Gasteiger partial charge in [0.15, 0.2) is 0 Å². The van der Waals surface area contributed by atoms with E-state index in [9.17, 15) is 22.8 Å². The molecule has 4 N–H and O–H groups in total. The van der Waals surface area contributed by atoms with Gasteiger partial charge < -0.3 is 30.9 Å². The molecule has 2 aliphatic rings. The third-order valence-corrected chi connectivity index (χ3v) is 9.38. The van der Waals surface area contributed by atoms with Gasteiger partial charge in [-0.05, 0) is 60.4 Å². The molecule has 1 atom stereocenters. The van der Waals surface area contributed by atoms with Crippen molar-refractivity contribution in [1.82, 2.24) is 19.7 Å². The van der Waals surface area contributed by atoms with Crippen LogP contribution in [0.3, 0.4) is 0 Å². The Labute approximate surface area is 298 Å². The highest BCUT2D eigenvalue weighted by Crippen LogP contribution is 2.36. The number of hydrogen-bond acceptors (Lipinski definition) is 8. The second kappa shape index (κ2) is 14.3. The first-order chi connectivity index (χ1) is 25.0. The highest BCUT2D eigenvalue weighted by molar-refractivity contribution is 6.04. The summed E-state index contributed by atoms with van der Waals surface area (Å²) in [7, 11) is 0. The van der Waals surface area contributed by atoms with Crippen LogP contribution < -0.4 is 21.3 Å². The molecular weight excluding hydrogens is 673 g/mol. The number of fused-ring (bicyclic) bond motifs is 2. The van der Waals surface area contributed by atoms with Crippen LogP contribution in [0.15, 0.2) is 91.1 Å². The summed E-state index contributed by atoms with van der Waals surface area (Å²) in [6, 6.07) is 24.6. The molecule has 11 nitrogen and oxygen atoms in total. The maximum atomic E-state index is 13.2. The van der Waals surface area contributed by atoms with Gasteiger partial charge in [-0.25, -0.2) is 14.5 Å². The number of rotatable bonds is 8. The van der Waals surface area contributed by atoms with Gasteiger partial charge in [0.1, 0.15) is 29.5 Å². The normalized spacial score (nSPS) is 14.8. The predicted octanol–water partition coefficient (Wildman–Crippen LogP) is 6.99. The van der Waals surface area contributed by atoms with Crippen molar-refractivity contribution >= 4 is 35.0 Å². The van der Waals surface area contributed by atoms with E-state index in [1.54, 1.807) is 9.58 Å². The molecule has 1 unspecified atom stereocenters. The average molecular weight is 711 g/mol. The number of pyridine rings is 1. The number of hydrogen-bond donors (Lipinski definition) is 3.